The molecule has 0 amide bonds. The Morgan fingerprint density at radius 1 is 0.552 bits per heavy atom. The molecule has 0 rings (SSSR count). The summed E-state index contributed by atoms with van der Waals surface area (Å²) >= 11 is 0. The van der Waals surface area contributed by atoms with E-state index in [0.717, 1.165) is 0 Å². The zero-order valence-electron chi connectivity index (χ0n) is 13.6. The molecular formula is C11H9F15O3. The summed E-state index contributed by atoms with van der Waals surface area (Å²) in [6.45, 7) is -5.23. The highest BCUT2D eigenvalue weighted by Gasteiger charge is 2.90. The van der Waals surface area contributed by atoms with E-state index in [1.54, 1.807) is 4.74 Å². The minimum Gasteiger partial charge on any atom is -0.387 e. The van der Waals surface area contributed by atoms with Crippen molar-refractivity contribution in [2.45, 2.75) is 56.3 Å². The first kappa shape index (κ1) is 27.8. The molecule has 1 N–H and O–H groups in total. The molecule has 0 aromatic rings. The Hall–Kier alpha value is -1.17. The smallest absolute Gasteiger partial charge is 0.387 e. The largest absolute Gasteiger partial charge is 0.453 e. The topological polar surface area (TPSA) is 38.7 Å². The van der Waals surface area contributed by atoms with Gasteiger partial charge >= 0.3 is 30.6 Å². The molecule has 3 nitrogen and oxygen atoms in total. The minimum absolute atomic E-state index is 1.22. The van der Waals surface area contributed by atoms with Crippen molar-refractivity contribution in [3.05, 3.63) is 0 Å². The molecule has 0 aromatic heterocycles. The maximum Gasteiger partial charge on any atom is 0.453 e. The molecule has 0 aliphatic carbocycles. The van der Waals surface area contributed by atoms with Gasteiger partial charge in [0.2, 0.25) is 0 Å². The van der Waals surface area contributed by atoms with Crippen LogP contribution in [0, 0.1) is 5.41 Å². The average Bonchev–Trinajstić information content (AvgIpc) is 2.29. The molecule has 0 unspecified atom stereocenters. The summed E-state index contributed by atoms with van der Waals surface area (Å²) in [5, 5.41) is 7.92. The lowest BCUT2D eigenvalue weighted by molar-refractivity contribution is -0.554. The van der Waals surface area contributed by atoms with Gasteiger partial charge in [0.05, 0.1) is 0 Å². The van der Waals surface area contributed by atoms with Crippen molar-refractivity contribution in [3.8, 4) is 0 Å². The number of aliphatic hydroxyl groups is 1. The summed E-state index contributed by atoms with van der Waals surface area (Å²) in [6.07, 6.45) is -35.0. The Kier molecular flexibility index (Phi) is 6.92. The van der Waals surface area contributed by atoms with E-state index < -0.39 is 68.3 Å². The summed E-state index contributed by atoms with van der Waals surface area (Å²) < 4.78 is 201. The maximum absolute atomic E-state index is 13.8. The first-order valence-electron chi connectivity index (χ1n) is 6.57. The van der Waals surface area contributed by atoms with Gasteiger partial charge in [-0.05, 0) is 0 Å². The summed E-state index contributed by atoms with van der Waals surface area (Å²) in [4.78, 5) is 0. The predicted octanol–water partition coefficient (Wildman–Crippen LogP) is 5.24. The Bertz CT molecular complexity index is 535. The van der Waals surface area contributed by atoms with Crippen LogP contribution in [-0.2, 0) is 9.47 Å². The Labute approximate surface area is 150 Å². The zero-order valence-corrected chi connectivity index (χ0v) is 13.6. The third-order valence-electron chi connectivity index (χ3n) is 3.24. The van der Waals surface area contributed by atoms with E-state index >= 15 is 0 Å². The molecule has 0 bridgehead atoms. The van der Waals surface area contributed by atoms with Gasteiger partial charge in [0.15, 0.2) is 0 Å². The van der Waals surface area contributed by atoms with Gasteiger partial charge in [-0.25, -0.2) is 27.0 Å². The molecule has 0 aliphatic heterocycles. The molecule has 0 aromatic carbocycles. The lowest BCUT2D eigenvalue weighted by atomic mass is 9.74. The van der Waals surface area contributed by atoms with Crippen molar-refractivity contribution < 1.29 is 80.4 Å². The van der Waals surface area contributed by atoms with Crippen LogP contribution in [0.2, 0.25) is 0 Å². The Balaban J connectivity index is 6.62. The summed E-state index contributed by atoms with van der Waals surface area (Å²) in [6, 6.07) is 0. The monoisotopic (exact) mass is 474 g/mol. The second-order valence-electron chi connectivity index (χ2n) is 5.57. The van der Waals surface area contributed by atoms with Crippen LogP contribution in [0.25, 0.3) is 0 Å². The van der Waals surface area contributed by atoms with Crippen LogP contribution >= 0.6 is 0 Å². The van der Waals surface area contributed by atoms with E-state index in [1.807, 2.05) is 4.74 Å². The fourth-order valence-electron chi connectivity index (χ4n) is 2.14. The minimum atomic E-state index is -7.56. The lowest BCUT2D eigenvalue weighted by Gasteiger charge is -2.47. The molecule has 0 fully saturated rings. The number of halogens is 15. The fraction of sp³-hybridized carbons (Fsp3) is 1.00. The van der Waals surface area contributed by atoms with E-state index in [4.69, 9.17) is 5.11 Å². The van der Waals surface area contributed by atoms with Crippen molar-refractivity contribution in [1.29, 1.82) is 0 Å². The quantitative estimate of drug-likeness (QED) is 0.465. The number of ether oxygens (including phenoxy) is 2. The van der Waals surface area contributed by atoms with Gasteiger partial charge in [-0.15, -0.1) is 0 Å². The van der Waals surface area contributed by atoms with Crippen LogP contribution in [-0.4, -0.2) is 54.2 Å². The van der Waals surface area contributed by atoms with Crippen LogP contribution in [0.5, 0.6) is 0 Å². The summed E-state index contributed by atoms with van der Waals surface area (Å²) in [5.74, 6) is -12.7. The zero-order chi connectivity index (χ0) is 24.1. The van der Waals surface area contributed by atoms with Crippen LogP contribution in [0.15, 0.2) is 0 Å². The maximum atomic E-state index is 13.8. The van der Waals surface area contributed by atoms with Crippen LogP contribution in [0.3, 0.4) is 0 Å². The van der Waals surface area contributed by atoms with Gasteiger partial charge in [-0.3, -0.25) is 0 Å². The number of alkyl halides is 15. The summed E-state index contributed by atoms with van der Waals surface area (Å²) in [7, 11) is 0. The first-order chi connectivity index (χ1) is 12.2. The van der Waals surface area contributed by atoms with Gasteiger partial charge in [0, 0.05) is 13.8 Å². The lowest BCUT2D eigenvalue weighted by Crippen LogP contribution is -2.72. The van der Waals surface area contributed by atoms with Gasteiger partial charge in [-0.1, -0.05) is 0 Å². The molecule has 18 heteroatoms. The van der Waals surface area contributed by atoms with Crippen molar-refractivity contribution in [2.24, 2.45) is 5.41 Å². The number of rotatable bonds is 9. The SMILES string of the molecule is CC(F)(F)C(C(C)(F)F)(C(F)(F)F)C(F)(F)OC(F)(F)C(F)(F)OC(F)(F)CO. The van der Waals surface area contributed by atoms with Crippen molar-refractivity contribution in [1.82, 2.24) is 0 Å². The van der Waals surface area contributed by atoms with E-state index in [-0.39, 0.29) is 0 Å². The van der Waals surface area contributed by atoms with E-state index in [1.165, 1.54) is 0 Å². The predicted molar refractivity (Wildman–Crippen MR) is 58.8 cm³/mol. The van der Waals surface area contributed by atoms with E-state index in [9.17, 15) is 65.9 Å². The van der Waals surface area contributed by atoms with Crippen LogP contribution in [0.1, 0.15) is 13.8 Å². The molecule has 0 spiro atoms. The number of aliphatic hydroxyl groups excluding tert-OH is 1. The highest BCUT2D eigenvalue weighted by molar-refractivity contribution is 5.09. The fourth-order valence-corrected chi connectivity index (χ4v) is 2.14. The molecule has 0 aliphatic rings. The standard InChI is InChI=1S/C11H9F15O3/c1-4(12,13)7(5(2,14)15,8(18,19)20)9(21,22)29-11(25,26)10(23,24)28-6(16,17)3-27/h27H,3H2,1-2H3. The molecular weight excluding hydrogens is 465 g/mol. The van der Waals surface area contributed by atoms with Crippen molar-refractivity contribution in [2.75, 3.05) is 6.61 Å². The van der Waals surface area contributed by atoms with Gasteiger partial charge in [-0.2, -0.15) is 48.3 Å². The highest BCUT2D eigenvalue weighted by Crippen LogP contribution is 2.66. The second kappa shape index (κ2) is 7.21. The van der Waals surface area contributed by atoms with Crippen molar-refractivity contribution in [3.63, 3.8) is 0 Å². The molecule has 29 heavy (non-hydrogen) atoms. The highest BCUT2D eigenvalue weighted by atomic mass is 19.4. The van der Waals surface area contributed by atoms with Gasteiger partial charge < -0.3 is 5.11 Å². The molecule has 0 heterocycles. The Morgan fingerprint density at radius 3 is 1.10 bits per heavy atom. The van der Waals surface area contributed by atoms with Crippen LogP contribution in [0.4, 0.5) is 65.9 Å². The molecule has 0 atom stereocenters. The molecule has 0 saturated heterocycles. The molecule has 0 radical (unpaired) electrons. The third kappa shape index (κ3) is 4.78. The van der Waals surface area contributed by atoms with E-state index in [2.05, 4.69) is 0 Å². The van der Waals surface area contributed by atoms with Gasteiger partial charge in [0.1, 0.15) is 6.61 Å². The number of hydrogen-bond acceptors (Lipinski definition) is 3. The number of hydrogen-bond donors (Lipinski definition) is 1. The third-order valence-corrected chi connectivity index (χ3v) is 3.24. The Morgan fingerprint density at radius 2 is 0.862 bits per heavy atom. The molecule has 176 valence electrons. The van der Waals surface area contributed by atoms with E-state index in [0.29, 0.717) is 0 Å². The first-order valence-corrected chi connectivity index (χ1v) is 6.57. The normalized spacial score (nSPS) is 16.3. The second-order valence-corrected chi connectivity index (χ2v) is 5.57. The average molecular weight is 474 g/mol. The van der Waals surface area contributed by atoms with Crippen molar-refractivity contribution >= 4 is 0 Å². The van der Waals surface area contributed by atoms with Crippen LogP contribution < -0.4 is 0 Å². The molecule has 0 saturated carbocycles. The summed E-state index contributed by atoms with van der Waals surface area (Å²) in [5.41, 5.74) is -7.17. The van der Waals surface area contributed by atoms with Gasteiger partial charge in [0.25, 0.3) is 17.3 Å².